The Kier molecular flexibility index (Phi) is 4.93. The number of halogens is 1. The summed E-state index contributed by atoms with van der Waals surface area (Å²) >= 11 is 5.98. The summed E-state index contributed by atoms with van der Waals surface area (Å²) in [5.41, 5.74) is 3.63. The smallest absolute Gasteiger partial charge is 0.253 e. The zero-order valence-electron chi connectivity index (χ0n) is 19.8. The maximum Gasteiger partial charge on any atom is 0.253 e. The molecule has 3 fully saturated rings. The summed E-state index contributed by atoms with van der Waals surface area (Å²) < 4.78 is 0. The third kappa shape index (κ3) is 3.47. The first-order valence-electron chi connectivity index (χ1n) is 12.4. The molecular formula is C28H24ClN5O3. The van der Waals surface area contributed by atoms with Crippen LogP contribution < -0.4 is 0 Å². The van der Waals surface area contributed by atoms with Crippen LogP contribution in [0.5, 0.6) is 0 Å². The van der Waals surface area contributed by atoms with E-state index in [9.17, 15) is 14.7 Å². The second kappa shape index (κ2) is 8.13. The van der Waals surface area contributed by atoms with E-state index in [0.29, 0.717) is 53.4 Å². The summed E-state index contributed by atoms with van der Waals surface area (Å²) in [6, 6.07) is 20.4. The Labute approximate surface area is 217 Å². The van der Waals surface area contributed by atoms with Gasteiger partial charge in [0.2, 0.25) is 0 Å². The summed E-state index contributed by atoms with van der Waals surface area (Å²) in [7, 11) is 0. The molecule has 1 aliphatic carbocycles. The van der Waals surface area contributed by atoms with Gasteiger partial charge in [0.05, 0.1) is 12.1 Å². The molecular weight excluding hydrogens is 490 g/mol. The number of aromatic amines is 1. The largest absolute Gasteiger partial charge is 0.387 e. The molecule has 1 aromatic heterocycles. The molecule has 2 aliphatic heterocycles. The number of hydrogen-bond donors (Lipinski definition) is 2. The van der Waals surface area contributed by atoms with Crippen molar-refractivity contribution in [2.24, 2.45) is 17.8 Å². The predicted molar refractivity (Wildman–Crippen MR) is 138 cm³/mol. The Morgan fingerprint density at radius 1 is 0.811 bits per heavy atom. The lowest BCUT2D eigenvalue weighted by Gasteiger charge is -2.50. The number of H-pyrrole nitrogens is 1. The maximum atomic E-state index is 13.3. The first-order chi connectivity index (χ1) is 17.9. The maximum absolute atomic E-state index is 13.3. The second-order valence-electron chi connectivity index (χ2n) is 10.4. The lowest BCUT2D eigenvalue weighted by Crippen LogP contribution is -2.61. The molecule has 186 valence electrons. The van der Waals surface area contributed by atoms with Gasteiger partial charge < -0.3 is 14.9 Å². The molecule has 2 saturated heterocycles. The molecule has 3 aromatic carbocycles. The Balaban J connectivity index is 1.03. The standard InChI is InChI=1S/C28H24ClN5O3/c29-20-8-5-17(6-9-20)16-1-3-18(4-2-16)26(35)34-14-23-21-12-33(13-22(21)28(23,37)15-34)27(36)19-7-10-24-25(11-19)31-32-30-24/h1-11,21-23,37H,12-15H2,(H,30,31,32)/t21-,22+,23?,28?/m0/s1. The minimum atomic E-state index is -0.950. The van der Waals surface area contributed by atoms with Gasteiger partial charge in [0.25, 0.3) is 11.8 Å². The third-order valence-corrected chi connectivity index (χ3v) is 8.73. The molecule has 1 saturated carbocycles. The van der Waals surface area contributed by atoms with E-state index >= 15 is 0 Å². The van der Waals surface area contributed by atoms with E-state index in [2.05, 4.69) is 15.4 Å². The predicted octanol–water partition coefficient (Wildman–Crippen LogP) is 3.48. The van der Waals surface area contributed by atoms with E-state index in [-0.39, 0.29) is 29.6 Å². The van der Waals surface area contributed by atoms with Gasteiger partial charge in [-0.2, -0.15) is 15.4 Å². The van der Waals surface area contributed by atoms with Gasteiger partial charge in [-0.05, 0) is 59.5 Å². The SMILES string of the molecule is O=C(c1ccc2n[nH]nc2c1)N1C[C@@H]2C3CN(C(=O)c4ccc(-c5ccc(Cl)cc5)cc4)CC3(O)[C@@H]2C1. The van der Waals surface area contributed by atoms with E-state index in [1.165, 1.54) is 0 Å². The molecule has 7 rings (SSSR count). The number of nitrogens with one attached hydrogen (secondary N) is 1. The fourth-order valence-corrected chi connectivity index (χ4v) is 6.66. The zero-order chi connectivity index (χ0) is 25.3. The number of amides is 2. The Bertz CT molecular complexity index is 1540. The van der Waals surface area contributed by atoms with Crippen molar-refractivity contribution in [3.05, 3.63) is 82.9 Å². The number of hydrogen-bond acceptors (Lipinski definition) is 5. The highest BCUT2D eigenvalue weighted by molar-refractivity contribution is 6.30. The molecule has 3 heterocycles. The highest BCUT2D eigenvalue weighted by Gasteiger charge is 2.68. The van der Waals surface area contributed by atoms with Gasteiger partial charge in [-0.1, -0.05) is 35.9 Å². The molecule has 2 amide bonds. The molecule has 9 heteroatoms. The molecule has 0 bridgehead atoms. The lowest BCUT2D eigenvalue weighted by atomic mass is 9.56. The Morgan fingerprint density at radius 3 is 2.14 bits per heavy atom. The van der Waals surface area contributed by atoms with Gasteiger partial charge in [-0.25, -0.2) is 0 Å². The quantitative estimate of drug-likeness (QED) is 0.436. The monoisotopic (exact) mass is 513 g/mol. The van der Waals surface area contributed by atoms with E-state index in [1.54, 1.807) is 23.1 Å². The average Bonchev–Trinajstić information content (AvgIpc) is 3.63. The first kappa shape index (κ1) is 22.4. The van der Waals surface area contributed by atoms with Crippen LogP contribution in [0.25, 0.3) is 22.2 Å². The van der Waals surface area contributed by atoms with Crippen molar-refractivity contribution in [2.45, 2.75) is 5.60 Å². The topological polar surface area (TPSA) is 102 Å². The Hall–Kier alpha value is -3.75. The van der Waals surface area contributed by atoms with Crippen molar-refractivity contribution < 1.29 is 14.7 Å². The summed E-state index contributed by atoms with van der Waals surface area (Å²) in [5.74, 6) is 0.00909. The van der Waals surface area contributed by atoms with Crippen LogP contribution in [-0.2, 0) is 0 Å². The third-order valence-electron chi connectivity index (χ3n) is 8.47. The van der Waals surface area contributed by atoms with Crippen LogP contribution in [0.1, 0.15) is 20.7 Å². The summed E-state index contributed by atoms with van der Waals surface area (Å²) in [6.07, 6.45) is 0. The fourth-order valence-electron chi connectivity index (χ4n) is 6.53. The fraction of sp³-hybridized carbons (Fsp3) is 0.286. The highest BCUT2D eigenvalue weighted by Crippen LogP contribution is 2.57. The number of benzene rings is 3. The van der Waals surface area contributed by atoms with Crippen molar-refractivity contribution >= 4 is 34.4 Å². The van der Waals surface area contributed by atoms with Crippen LogP contribution in [0, 0.1) is 17.8 Å². The van der Waals surface area contributed by atoms with Crippen molar-refractivity contribution in [1.82, 2.24) is 25.2 Å². The number of fused-ring (bicyclic) bond motifs is 5. The molecule has 8 nitrogen and oxygen atoms in total. The number of aliphatic hydroxyl groups is 1. The lowest BCUT2D eigenvalue weighted by molar-refractivity contribution is -0.145. The van der Waals surface area contributed by atoms with E-state index in [0.717, 1.165) is 11.1 Å². The van der Waals surface area contributed by atoms with Crippen LogP contribution in [0.3, 0.4) is 0 Å². The number of aromatic nitrogens is 3. The van der Waals surface area contributed by atoms with E-state index < -0.39 is 5.60 Å². The van der Waals surface area contributed by atoms with Gasteiger partial charge >= 0.3 is 0 Å². The van der Waals surface area contributed by atoms with Crippen LogP contribution in [0.2, 0.25) is 5.02 Å². The van der Waals surface area contributed by atoms with Gasteiger partial charge in [-0.3, -0.25) is 9.59 Å². The number of carbonyl (C=O) groups is 2. The van der Waals surface area contributed by atoms with Crippen LogP contribution >= 0.6 is 11.6 Å². The normalized spacial score (nSPS) is 26.2. The minimum Gasteiger partial charge on any atom is -0.387 e. The van der Waals surface area contributed by atoms with E-state index in [4.69, 9.17) is 11.6 Å². The number of carbonyl (C=O) groups excluding carboxylic acids is 2. The van der Waals surface area contributed by atoms with Crippen molar-refractivity contribution in [3.8, 4) is 11.1 Å². The summed E-state index contributed by atoms with van der Waals surface area (Å²) in [5, 5.41) is 22.9. The number of rotatable bonds is 3. The second-order valence-corrected chi connectivity index (χ2v) is 10.8. The molecule has 2 unspecified atom stereocenters. The zero-order valence-corrected chi connectivity index (χ0v) is 20.6. The highest BCUT2D eigenvalue weighted by atomic mass is 35.5. The Morgan fingerprint density at radius 2 is 1.41 bits per heavy atom. The van der Waals surface area contributed by atoms with Crippen molar-refractivity contribution in [1.29, 1.82) is 0 Å². The summed E-state index contributed by atoms with van der Waals surface area (Å²) in [4.78, 5) is 30.1. The van der Waals surface area contributed by atoms with Gasteiger partial charge in [0, 0.05) is 47.6 Å². The van der Waals surface area contributed by atoms with Crippen molar-refractivity contribution in [3.63, 3.8) is 0 Å². The molecule has 4 aromatic rings. The van der Waals surface area contributed by atoms with E-state index in [1.807, 2.05) is 53.4 Å². The number of β-amino-alcohol motifs (C(OH)–C–C–N with tert-alkyl or cyclic N) is 1. The van der Waals surface area contributed by atoms with Gasteiger partial charge in [-0.15, -0.1) is 0 Å². The summed E-state index contributed by atoms with van der Waals surface area (Å²) in [6.45, 7) is 1.88. The molecule has 37 heavy (non-hydrogen) atoms. The van der Waals surface area contributed by atoms with Crippen LogP contribution in [-0.4, -0.2) is 73.9 Å². The molecule has 4 atom stereocenters. The molecule has 0 radical (unpaired) electrons. The van der Waals surface area contributed by atoms with Crippen LogP contribution in [0.4, 0.5) is 0 Å². The molecule has 2 N–H and O–H groups in total. The van der Waals surface area contributed by atoms with Gasteiger partial charge in [0.1, 0.15) is 11.0 Å². The minimum absolute atomic E-state index is 0.0226. The number of nitrogens with zero attached hydrogens (tertiary/aromatic N) is 4. The van der Waals surface area contributed by atoms with Crippen LogP contribution in [0.15, 0.2) is 66.7 Å². The molecule has 0 spiro atoms. The molecule has 3 aliphatic rings. The first-order valence-corrected chi connectivity index (χ1v) is 12.8. The van der Waals surface area contributed by atoms with Gasteiger partial charge in [0.15, 0.2) is 0 Å². The average molecular weight is 514 g/mol. The number of likely N-dealkylation sites (tertiary alicyclic amines) is 2. The van der Waals surface area contributed by atoms with Crippen molar-refractivity contribution in [2.75, 3.05) is 26.2 Å².